The van der Waals surface area contributed by atoms with E-state index in [2.05, 4.69) is 5.16 Å². The van der Waals surface area contributed by atoms with Crippen molar-refractivity contribution < 1.29 is 15.1 Å². The van der Waals surface area contributed by atoms with E-state index in [0.717, 1.165) is 5.56 Å². The zero-order valence-corrected chi connectivity index (χ0v) is 10.5. The number of oxime groups is 1. The number of hydrogen-bond donors (Lipinski definition) is 2. The smallest absolute Gasteiger partial charge is 0.128 e. The number of ether oxygens (including phenoxy) is 1. The van der Waals surface area contributed by atoms with Crippen molar-refractivity contribution in [3.63, 3.8) is 0 Å². The Balaban J connectivity index is 2.71. The van der Waals surface area contributed by atoms with Crippen LogP contribution in [0.5, 0.6) is 5.75 Å². The molecular weight excluding hydrogens is 218 g/mol. The Morgan fingerprint density at radius 3 is 2.59 bits per heavy atom. The van der Waals surface area contributed by atoms with Crippen molar-refractivity contribution in [3.05, 3.63) is 29.8 Å². The molecule has 0 spiro atoms. The Kier molecular flexibility index (Phi) is 4.52. The molecule has 4 nitrogen and oxygen atoms in total. The van der Waals surface area contributed by atoms with Gasteiger partial charge in [0.2, 0.25) is 0 Å². The van der Waals surface area contributed by atoms with Gasteiger partial charge in [0.25, 0.3) is 0 Å². The molecule has 1 aromatic rings. The molecule has 0 saturated carbocycles. The molecule has 0 bridgehead atoms. The van der Waals surface area contributed by atoms with Gasteiger partial charge >= 0.3 is 0 Å². The Bertz CT molecular complexity index is 394. The highest BCUT2D eigenvalue weighted by Crippen LogP contribution is 2.20. The van der Waals surface area contributed by atoms with Gasteiger partial charge < -0.3 is 15.1 Å². The van der Waals surface area contributed by atoms with Crippen LogP contribution in [0, 0.1) is 0 Å². The van der Waals surface area contributed by atoms with Gasteiger partial charge in [0.1, 0.15) is 5.75 Å². The van der Waals surface area contributed by atoms with Crippen molar-refractivity contribution >= 4 is 5.71 Å². The van der Waals surface area contributed by atoms with Crippen LogP contribution in [0.15, 0.2) is 29.4 Å². The molecule has 94 valence electrons. The summed E-state index contributed by atoms with van der Waals surface area (Å²) in [7, 11) is 0. The lowest BCUT2D eigenvalue weighted by Crippen LogP contribution is -2.22. The van der Waals surface area contributed by atoms with Gasteiger partial charge in [0, 0.05) is 12.0 Å². The monoisotopic (exact) mass is 237 g/mol. The summed E-state index contributed by atoms with van der Waals surface area (Å²) < 4.78 is 5.58. The fourth-order valence-electron chi connectivity index (χ4n) is 1.36. The molecule has 0 aliphatic carbocycles. The Hall–Kier alpha value is -1.55. The molecule has 0 heterocycles. The zero-order valence-electron chi connectivity index (χ0n) is 10.5. The van der Waals surface area contributed by atoms with Crippen LogP contribution in [0.1, 0.15) is 32.8 Å². The first-order valence-electron chi connectivity index (χ1n) is 5.57. The van der Waals surface area contributed by atoms with Gasteiger partial charge in [-0.05, 0) is 32.9 Å². The molecule has 0 fully saturated rings. The van der Waals surface area contributed by atoms with Crippen LogP contribution in [0.2, 0.25) is 0 Å². The van der Waals surface area contributed by atoms with Gasteiger partial charge in [-0.1, -0.05) is 17.3 Å². The first-order valence-corrected chi connectivity index (χ1v) is 5.57. The minimum Gasteiger partial charge on any atom is -0.493 e. The predicted molar refractivity (Wildman–Crippen MR) is 66.8 cm³/mol. The lowest BCUT2D eigenvalue weighted by molar-refractivity contribution is 0.0553. The van der Waals surface area contributed by atoms with E-state index >= 15 is 0 Å². The number of aliphatic hydroxyl groups is 1. The zero-order chi connectivity index (χ0) is 12.9. The standard InChI is InChI=1S/C13H19NO3/c1-10(14-16)11-6-4-5-7-12(11)17-9-8-13(2,3)15/h4-7,15-16H,8-9H2,1-3H3. The van der Waals surface area contributed by atoms with Crippen molar-refractivity contribution in [2.24, 2.45) is 5.16 Å². The van der Waals surface area contributed by atoms with E-state index in [1.54, 1.807) is 20.8 Å². The maximum Gasteiger partial charge on any atom is 0.128 e. The van der Waals surface area contributed by atoms with E-state index in [1.165, 1.54) is 0 Å². The molecular formula is C13H19NO3. The summed E-state index contributed by atoms with van der Waals surface area (Å²) in [5, 5.41) is 21.5. The average Bonchev–Trinajstić information content (AvgIpc) is 2.27. The lowest BCUT2D eigenvalue weighted by atomic mass is 10.1. The predicted octanol–water partition coefficient (Wildman–Crippen LogP) is 2.42. The fourth-order valence-corrected chi connectivity index (χ4v) is 1.36. The van der Waals surface area contributed by atoms with Crippen molar-refractivity contribution in [2.75, 3.05) is 6.61 Å². The third kappa shape index (κ3) is 4.44. The molecule has 0 unspecified atom stereocenters. The number of nitrogens with zero attached hydrogens (tertiary/aromatic N) is 1. The van der Waals surface area contributed by atoms with E-state index < -0.39 is 5.60 Å². The normalized spacial score (nSPS) is 12.6. The summed E-state index contributed by atoms with van der Waals surface area (Å²) in [6, 6.07) is 7.35. The second kappa shape index (κ2) is 5.68. The molecule has 2 N–H and O–H groups in total. The summed E-state index contributed by atoms with van der Waals surface area (Å²) in [6.07, 6.45) is 0.538. The second-order valence-corrected chi connectivity index (χ2v) is 4.59. The molecule has 0 saturated heterocycles. The number of rotatable bonds is 5. The number of hydrogen-bond acceptors (Lipinski definition) is 4. The molecule has 4 heteroatoms. The van der Waals surface area contributed by atoms with Crippen LogP contribution >= 0.6 is 0 Å². The van der Waals surface area contributed by atoms with Crippen LogP contribution in [0.3, 0.4) is 0 Å². The molecule has 0 aliphatic rings. The SMILES string of the molecule is CC(=NO)c1ccccc1OCCC(C)(C)O. The quantitative estimate of drug-likeness (QED) is 0.469. The lowest BCUT2D eigenvalue weighted by Gasteiger charge is -2.18. The van der Waals surface area contributed by atoms with Gasteiger partial charge in [-0.2, -0.15) is 0 Å². The molecule has 1 rings (SSSR count). The van der Waals surface area contributed by atoms with Crippen LogP contribution < -0.4 is 4.74 Å². The summed E-state index contributed by atoms with van der Waals surface area (Å²) in [6.45, 7) is 5.60. The summed E-state index contributed by atoms with van der Waals surface area (Å²) in [4.78, 5) is 0. The van der Waals surface area contributed by atoms with Crippen molar-refractivity contribution in [1.82, 2.24) is 0 Å². The molecule has 0 atom stereocenters. The molecule has 0 amide bonds. The highest BCUT2D eigenvalue weighted by molar-refractivity contribution is 6.00. The molecule has 0 radical (unpaired) electrons. The van der Waals surface area contributed by atoms with Gasteiger partial charge in [-0.25, -0.2) is 0 Å². The van der Waals surface area contributed by atoms with Crippen LogP contribution in [-0.2, 0) is 0 Å². The number of benzene rings is 1. The largest absolute Gasteiger partial charge is 0.493 e. The molecule has 0 aliphatic heterocycles. The summed E-state index contributed by atoms with van der Waals surface area (Å²) in [5.41, 5.74) is 0.518. The maximum absolute atomic E-state index is 9.58. The number of para-hydroxylation sites is 1. The minimum absolute atomic E-state index is 0.416. The minimum atomic E-state index is -0.741. The van der Waals surface area contributed by atoms with Crippen LogP contribution in [0.4, 0.5) is 0 Å². The van der Waals surface area contributed by atoms with Gasteiger partial charge in [0.15, 0.2) is 0 Å². The van der Waals surface area contributed by atoms with Crippen molar-refractivity contribution in [2.45, 2.75) is 32.8 Å². The van der Waals surface area contributed by atoms with E-state index in [1.807, 2.05) is 24.3 Å². The first-order chi connectivity index (χ1) is 7.94. The summed E-state index contributed by atoms with van der Waals surface area (Å²) in [5.74, 6) is 0.659. The average molecular weight is 237 g/mol. The fraction of sp³-hybridized carbons (Fsp3) is 0.462. The van der Waals surface area contributed by atoms with Crippen LogP contribution in [-0.4, -0.2) is 28.2 Å². The third-order valence-corrected chi connectivity index (χ3v) is 2.40. The second-order valence-electron chi connectivity index (χ2n) is 4.59. The van der Waals surface area contributed by atoms with Gasteiger partial charge in [-0.15, -0.1) is 0 Å². The molecule has 0 aromatic heterocycles. The molecule has 1 aromatic carbocycles. The van der Waals surface area contributed by atoms with E-state index in [0.29, 0.717) is 24.5 Å². The van der Waals surface area contributed by atoms with Crippen molar-refractivity contribution in [1.29, 1.82) is 0 Å². The van der Waals surface area contributed by atoms with Crippen LogP contribution in [0.25, 0.3) is 0 Å². The van der Waals surface area contributed by atoms with Gasteiger partial charge in [0.05, 0.1) is 17.9 Å². The summed E-state index contributed by atoms with van der Waals surface area (Å²) >= 11 is 0. The first kappa shape index (κ1) is 13.5. The Morgan fingerprint density at radius 2 is 2.00 bits per heavy atom. The van der Waals surface area contributed by atoms with Gasteiger partial charge in [-0.3, -0.25) is 0 Å². The third-order valence-electron chi connectivity index (χ3n) is 2.40. The van der Waals surface area contributed by atoms with Crippen molar-refractivity contribution in [3.8, 4) is 5.75 Å². The van der Waals surface area contributed by atoms with E-state index in [-0.39, 0.29) is 0 Å². The Morgan fingerprint density at radius 1 is 1.35 bits per heavy atom. The molecule has 17 heavy (non-hydrogen) atoms. The Labute approximate surface area is 102 Å². The topological polar surface area (TPSA) is 62.1 Å². The maximum atomic E-state index is 9.58. The highest BCUT2D eigenvalue weighted by Gasteiger charge is 2.13. The van der Waals surface area contributed by atoms with E-state index in [4.69, 9.17) is 9.94 Å². The van der Waals surface area contributed by atoms with E-state index in [9.17, 15) is 5.11 Å². The highest BCUT2D eigenvalue weighted by atomic mass is 16.5.